The Kier molecular flexibility index (Phi) is 7.28. The molecule has 0 aromatic heterocycles. The lowest BCUT2D eigenvalue weighted by Gasteiger charge is -2.30. The van der Waals surface area contributed by atoms with E-state index >= 15 is 0 Å². The van der Waals surface area contributed by atoms with E-state index in [1.165, 1.54) is 6.07 Å². The van der Waals surface area contributed by atoms with Gasteiger partial charge in [-0.15, -0.1) is 0 Å². The van der Waals surface area contributed by atoms with Crippen LogP contribution in [0.5, 0.6) is 5.75 Å². The third kappa shape index (κ3) is 5.76. The van der Waals surface area contributed by atoms with Gasteiger partial charge in [-0.2, -0.15) is 0 Å². The molecule has 6 heteroatoms. The Morgan fingerprint density at radius 1 is 1.36 bits per heavy atom. The SMILES string of the molecule is CC(C)[C@@H]1C=C(C(=O)Nc2ccccc2O)O[C@H](OCCCCO)C1. The van der Waals surface area contributed by atoms with E-state index in [1.807, 2.05) is 6.08 Å². The van der Waals surface area contributed by atoms with E-state index in [0.29, 0.717) is 31.1 Å². The van der Waals surface area contributed by atoms with Crippen molar-refractivity contribution in [3.8, 4) is 5.75 Å². The molecule has 1 heterocycles. The van der Waals surface area contributed by atoms with E-state index in [9.17, 15) is 9.90 Å². The van der Waals surface area contributed by atoms with Crippen molar-refractivity contribution in [2.45, 2.75) is 39.4 Å². The number of hydrogen-bond donors (Lipinski definition) is 3. The summed E-state index contributed by atoms with van der Waals surface area (Å²) in [4.78, 5) is 12.5. The monoisotopic (exact) mass is 349 g/mol. The zero-order chi connectivity index (χ0) is 18.2. The van der Waals surface area contributed by atoms with Crippen molar-refractivity contribution in [3.05, 3.63) is 36.1 Å². The predicted octanol–water partition coefficient (Wildman–Crippen LogP) is 3.02. The molecule has 1 aromatic carbocycles. The van der Waals surface area contributed by atoms with Crippen LogP contribution in [0.15, 0.2) is 36.1 Å². The molecule has 1 aliphatic rings. The molecular formula is C19H27NO5. The summed E-state index contributed by atoms with van der Waals surface area (Å²) in [5.74, 6) is 0.322. The summed E-state index contributed by atoms with van der Waals surface area (Å²) in [6, 6.07) is 6.55. The van der Waals surface area contributed by atoms with E-state index in [0.717, 1.165) is 6.42 Å². The van der Waals surface area contributed by atoms with Crippen LogP contribution in [-0.2, 0) is 14.3 Å². The first-order chi connectivity index (χ1) is 12.0. The van der Waals surface area contributed by atoms with Crippen molar-refractivity contribution >= 4 is 11.6 Å². The maximum Gasteiger partial charge on any atom is 0.290 e. The van der Waals surface area contributed by atoms with Crippen LogP contribution >= 0.6 is 0 Å². The summed E-state index contributed by atoms with van der Waals surface area (Å²) in [5, 5.41) is 21.3. The van der Waals surface area contributed by atoms with Gasteiger partial charge in [-0.3, -0.25) is 4.79 Å². The first-order valence-corrected chi connectivity index (χ1v) is 8.71. The molecule has 0 saturated heterocycles. The quantitative estimate of drug-likeness (QED) is 0.496. The second-order valence-corrected chi connectivity index (χ2v) is 6.49. The van der Waals surface area contributed by atoms with Gasteiger partial charge < -0.3 is 25.0 Å². The summed E-state index contributed by atoms with van der Waals surface area (Å²) >= 11 is 0. The Bertz CT molecular complexity index is 599. The van der Waals surface area contributed by atoms with Crippen molar-refractivity contribution < 1.29 is 24.5 Å². The summed E-state index contributed by atoms with van der Waals surface area (Å²) in [6.07, 6.45) is 3.45. The fraction of sp³-hybridized carbons (Fsp3) is 0.526. The van der Waals surface area contributed by atoms with Crippen molar-refractivity contribution in [2.75, 3.05) is 18.5 Å². The van der Waals surface area contributed by atoms with Crippen molar-refractivity contribution in [1.29, 1.82) is 0 Å². The Morgan fingerprint density at radius 3 is 2.80 bits per heavy atom. The largest absolute Gasteiger partial charge is 0.506 e. The first kappa shape index (κ1) is 19.3. The summed E-state index contributed by atoms with van der Waals surface area (Å²) in [6.45, 7) is 4.80. The van der Waals surface area contributed by atoms with Gasteiger partial charge in [0.15, 0.2) is 5.76 Å². The van der Waals surface area contributed by atoms with Crippen molar-refractivity contribution in [3.63, 3.8) is 0 Å². The molecule has 0 bridgehead atoms. The van der Waals surface area contributed by atoms with E-state index in [1.54, 1.807) is 18.2 Å². The molecule has 0 unspecified atom stereocenters. The van der Waals surface area contributed by atoms with Crippen LogP contribution in [0.3, 0.4) is 0 Å². The fourth-order valence-corrected chi connectivity index (χ4v) is 2.60. The van der Waals surface area contributed by atoms with E-state index < -0.39 is 12.2 Å². The highest BCUT2D eigenvalue weighted by atomic mass is 16.7. The van der Waals surface area contributed by atoms with Gasteiger partial charge in [-0.05, 0) is 42.9 Å². The van der Waals surface area contributed by atoms with Crippen LogP contribution in [0.25, 0.3) is 0 Å². The highest BCUT2D eigenvalue weighted by Gasteiger charge is 2.29. The zero-order valence-corrected chi connectivity index (χ0v) is 14.8. The molecule has 6 nitrogen and oxygen atoms in total. The lowest BCUT2D eigenvalue weighted by atomic mass is 9.90. The van der Waals surface area contributed by atoms with E-state index in [2.05, 4.69) is 19.2 Å². The second kappa shape index (κ2) is 9.44. The van der Waals surface area contributed by atoms with Crippen LogP contribution in [0.4, 0.5) is 5.69 Å². The number of anilines is 1. The Hall–Kier alpha value is -2.05. The molecule has 2 atom stereocenters. The Balaban J connectivity index is 2.03. The molecule has 2 rings (SSSR count). The number of ether oxygens (including phenoxy) is 2. The lowest BCUT2D eigenvalue weighted by molar-refractivity contribution is -0.148. The molecule has 0 radical (unpaired) electrons. The standard InChI is InChI=1S/C19H27NO5/c1-13(2)14-11-17(25-18(12-14)24-10-6-5-9-21)19(23)20-15-7-3-4-8-16(15)22/h3-4,7-8,11,13-14,18,21-22H,5-6,9-10,12H2,1-2H3,(H,20,23)/t14-,18+/m1/s1. The Labute approximate surface area is 148 Å². The number of rotatable bonds is 8. The number of aliphatic hydroxyl groups is 1. The average Bonchev–Trinajstić information content (AvgIpc) is 2.60. The van der Waals surface area contributed by atoms with E-state index in [-0.39, 0.29) is 24.0 Å². The molecular weight excluding hydrogens is 322 g/mol. The molecule has 1 aromatic rings. The van der Waals surface area contributed by atoms with Gasteiger partial charge in [0.2, 0.25) is 6.29 Å². The summed E-state index contributed by atoms with van der Waals surface area (Å²) in [5.41, 5.74) is 0.337. The number of unbranched alkanes of at least 4 members (excludes halogenated alkanes) is 1. The van der Waals surface area contributed by atoms with Crippen LogP contribution < -0.4 is 5.32 Å². The maximum atomic E-state index is 12.5. The zero-order valence-electron chi connectivity index (χ0n) is 14.8. The molecule has 3 N–H and O–H groups in total. The topological polar surface area (TPSA) is 88.0 Å². The summed E-state index contributed by atoms with van der Waals surface area (Å²) in [7, 11) is 0. The normalized spacial score (nSPS) is 20.1. The fourth-order valence-electron chi connectivity index (χ4n) is 2.60. The number of carbonyl (C=O) groups excluding carboxylic acids is 1. The minimum Gasteiger partial charge on any atom is -0.506 e. The van der Waals surface area contributed by atoms with Gasteiger partial charge in [-0.1, -0.05) is 26.0 Å². The molecule has 1 amide bonds. The maximum absolute atomic E-state index is 12.5. The van der Waals surface area contributed by atoms with Crippen molar-refractivity contribution in [1.82, 2.24) is 0 Å². The van der Waals surface area contributed by atoms with Gasteiger partial charge >= 0.3 is 0 Å². The third-order valence-corrected chi connectivity index (χ3v) is 4.18. The number of amides is 1. The highest BCUT2D eigenvalue weighted by molar-refractivity contribution is 6.03. The van der Waals surface area contributed by atoms with Crippen molar-refractivity contribution in [2.24, 2.45) is 11.8 Å². The van der Waals surface area contributed by atoms with Crippen LogP contribution in [0.2, 0.25) is 0 Å². The number of aliphatic hydroxyl groups excluding tert-OH is 1. The number of para-hydroxylation sites is 2. The smallest absolute Gasteiger partial charge is 0.290 e. The molecule has 0 spiro atoms. The minimum atomic E-state index is -0.485. The van der Waals surface area contributed by atoms with Gasteiger partial charge in [-0.25, -0.2) is 0 Å². The number of hydrogen-bond acceptors (Lipinski definition) is 5. The highest BCUT2D eigenvalue weighted by Crippen LogP contribution is 2.30. The summed E-state index contributed by atoms with van der Waals surface area (Å²) < 4.78 is 11.4. The number of nitrogens with one attached hydrogen (secondary N) is 1. The minimum absolute atomic E-state index is 0.00414. The van der Waals surface area contributed by atoms with Crippen LogP contribution in [0.1, 0.15) is 33.1 Å². The van der Waals surface area contributed by atoms with Gasteiger partial charge in [0.05, 0.1) is 12.3 Å². The van der Waals surface area contributed by atoms with Gasteiger partial charge in [0, 0.05) is 13.0 Å². The van der Waals surface area contributed by atoms with Crippen LogP contribution in [0, 0.1) is 11.8 Å². The number of aromatic hydroxyl groups is 1. The second-order valence-electron chi connectivity index (χ2n) is 6.49. The number of benzene rings is 1. The molecule has 0 fully saturated rings. The molecule has 0 aliphatic carbocycles. The molecule has 138 valence electrons. The van der Waals surface area contributed by atoms with Gasteiger partial charge in [0.1, 0.15) is 5.75 Å². The number of phenolic OH excluding ortho intramolecular Hbond substituents is 1. The van der Waals surface area contributed by atoms with Gasteiger partial charge in [0.25, 0.3) is 5.91 Å². The average molecular weight is 349 g/mol. The number of phenols is 1. The Morgan fingerprint density at radius 2 is 2.12 bits per heavy atom. The first-order valence-electron chi connectivity index (χ1n) is 8.71. The number of carbonyl (C=O) groups is 1. The molecule has 25 heavy (non-hydrogen) atoms. The van der Waals surface area contributed by atoms with Crippen LogP contribution in [-0.4, -0.2) is 35.6 Å². The van der Waals surface area contributed by atoms with E-state index in [4.69, 9.17) is 14.6 Å². The third-order valence-electron chi connectivity index (χ3n) is 4.18. The number of allylic oxidation sites excluding steroid dienone is 1. The predicted molar refractivity (Wildman–Crippen MR) is 94.9 cm³/mol. The lowest BCUT2D eigenvalue weighted by Crippen LogP contribution is -2.31. The molecule has 0 saturated carbocycles. The molecule has 1 aliphatic heterocycles.